The molecule has 8 heteroatoms. The molecule has 3 N–H and O–H groups in total. The molecule has 2 aromatic heterocycles. The van der Waals surface area contributed by atoms with Gasteiger partial charge in [0.2, 0.25) is 11.9 Å². The molecule has 1 atom stereocenters. The molecule has 2 aromatic rings. The number of rotatable bonds is 3. The molecule has 1 saturated heterocycles. The zero-order chi connectivity index (χ0) is 18.1. The summed E-state index contributed by atoms with van der Waals surface area (Å²) in [7, 11) is 0. The highest BCUT2D eigenvalue weighted by atomic mass is 16.5. The van der Waals surface area contributed by atoms with Gasteiger partial charge in [0.05, 0.1) is 24.9 Å². The fraction of sp³-hybridized carbons (Fsp3) is 0.556. The van der Waals surface area contributed by atoms with Crippen LogP contribution >= 0.6 is 0 Å². The third-order valence-corrected chi connectivity index (χ3v) is 4.94. The van der Waals surface area contributed by atoms with Gasteiger partial charge in [0.15, 0.2) is 0 Å². The first-order chi connectivity index (χ1) is 12.5. The minimum atomic E-state index is 0.0642. The zero-order valence-electron chi connectivity index (χ0n) is 15.3. The summed E-state index contributed by atoms with van der Waals surface area (Å²) in [5.41, 5.74) is 8.12. The SMILES string of the molecule is CC1(C)Cc2nc(N3CCOCC3)ncc2[C@@H](Nc2nccc(N)n2)C1. The second-order valence-corrected chi connectivity index (χ2v) is 7.72. The average molecular weight is 355 g/mol. The number of nitrogens with two attached hydrogens (primary N) is 1. The van der Waals surface area contributed by atoms with Gasteiger partial charge in [0.1, 0.15) is 5.82 Å². The second kappa shape index (κ2) is 6.68. The first kappa shape index (κ1) is 17.0. The molecule has 2 aliphatic rings. The Morgan fingerprint density at radius 2 is 2.04 bits per heavy atom. The van der Waals surface area contributed by atoms with E-state index in [1.54, 1.807) is 12.3 Å². The molecule has 0 amide bonds. The third-order valence-electron chi connectivity index (χ3n) is 4.94. The van der Waals surface area contributed by atoms with Crippen molar-refractivity contribution in [3.05, 3.63) is 29.7 Å². The maximum atomic E-state index is 5.78. The van der Waals surface area contributed by atoms with Crippen LogP contribution in [-0.4, -0.2) is 46.2 Å². The van der Waals surface area contributed by atoms with E-state index >= 15 is 0 Å². The number of ether oxygens (including phenoxy) is 1. The van der Waals surface area contributed by atoms with Crippen LogP contribution in [0.2, 0.25) is 0 Å². The van der Waals surface area contributed by atoms with E-state index in [0.29, 0.717) is 11.8 Å². The maximum absolute atomic E-state index is 5.78. The molecular weight excluding hydrogens is 330 g/mol. The van der Waals surface area contributed by atoms with Crippen molar-refractivity contribution in [2.45, 2.75) is 32.7 Å². The van der Waals surface area contributed by atoms with Crippen molar-refractivity contribution in [1.82, 2.24) is 19.9 Å². The van der Waals surface area contributed by atoms with Crippen LogP contribution in [0.5, 0.6) is 0 Å². The fourth-order valence-corrected chi connectivity index (χ4v) is 3.68. The molecule has 0 saturated carbocycles. The molecule has 0 spiro atoms. The molecule has 1 aliphatic heterocycles. The van der Waals surface area contributed by atoms with Crippen molar-refractivity contribution in [2.24, 2.45) is 5.41 Å². The van der Waals surface area contributed by atoms with Crippen LogP contribution in [0, 0.1) is 5.41 Å². The Morgan fingerprint density at radius 1 is 1.23 bits per heavy atom. The lowest BCUT2D eigenvalue weighted by Gasteiger charge is -2.37. The van der Waals surface area contributed by atoms with E-state index in [4.69, 9.17) is 15.5 Å². The van der Waals surface area contributed by atoms with E-state index in [9.17, 15) is 0 Å². The number of nitrogens with one attached hydrogen (secondary N) is 1. The lowest BCUT2D eigenvalue weighted by Crippen LogP contribution is -2.38. The van der Waals surface area contributed by atoms with Crippen molar-refractivity contribution in [1.29, 1.82) is 0 Å². The highest BCUT2D eigenvalue weighted by Gasteiger charge is 2.34. The number of nitrogen functional groups attached to an aromatic ring is 1. The number of aromatic nitrogens is 4. The molecular formula is C18H25N7O. The van der Waals surface area contributed by atoms with Gasteiger partial charge in [0, 0.05) is 31.0 Å². The summed E-state index contributed by atoms with van der Waals surface area (Å²) in [6, 6.07) is 1.75. The monoisotopic (exact) mass is 355 g/mol. The van der Waals surface area contributed by atoms with Crippen molar-refractivity contribution in [2.75, 3.05) is 42.3 Å². The number of fused-ring (bicyclic) bond motifs is 1. The molecule has 138 valence electrons. The average Bonchev–Trinajstić information content (AvgIpc) is 2.61. The van der Waals surface area contributed by atoms with E-state index in [1.165, 1.54) is 0 Å². The quantitative estimate of drug-likeness (QED) is 0.859. The Balaban J connectivity index is 1.63. The van der Waals surface area contributed by atoms with Crippen molar-refractivity contribution < 1.29 is 4.74 Å². The van der Waals surface area contributed by atoms with Gasteiger partial charge in [-0.1, -0.05) is 13.8 Å². The van der Waals surface area contributed by atoms with Gasteiger partial charge in [-0.25, -0.2) is 15.0 Å². The van der Waals surface area contributed by atoms with Gasteiger partial charge in [0.25, 0.3) is 0 Å². The number of anilines is 3. The molecule has 3 heterocycles. The highest BCUT2D eigenvalue weighted by Crippen LogP contribution is 2.41. The van der Waals surface area contributed by atoms with Gasteiger partial charge in [-0.2, -0.15) is 4.98 Å². The van der Waals surface area contributed by atoms with E-state index in [1.807, 2.05) is 6.20 Å². The Hall–Kier alpha value is -2.48. The van der Waals surface area contributed by atoms with Crippen LogP contribution in [-0.2, 0) is 11.2 Å². The molecule has 0 aromatic carbocycles. The fourth-order valence-electron chi connectivity index (χ4n) is 3.68. The molecule has 8 nitrogen and oxygen atoms in total. The summed E-state index contributed by atoms with van der Waals surface area (Å²) >= 11 is 0. The van der Waals surface area contributed by atoms with Gasteiger partial charge in [-0.15, -0.1) is 0 Å². The third kappa shape index (κ3) is 3.55. The number of hydrogen-bond donors (Lipinski definition) is 2. The standard InChI is InChI=1S/C18H25N7O/c1-18(2)9-13(22-16-20-4-3-15(19)24-16)12-11-21-17(23-14(12)10-18)25-5-7-26-8-6-25/h3-4,11,13H,5-10H2,1-2H3,(H3,19,20,22,24)/t13-/m0/s1. The van der Waals surface area contributed by atoms with Crippen LogP contribution in [0.1, 0.15) is 37.6 Å². The molecule has 26 heavy (non-hydrogen) atoms. The minimum Gasteiger partial charge on any atom is -0.384 e. The lowest BCUT2D eigenvalue weighted by molar-refractivity contribution is 0.122. The molecule has 1 fully saturated rings. The van der Waals surface area contributed by atoms with Crippen LogP contribution in [0.3, 0.4) is 0 Å². The van der Waals surface area contributed by atoms with Gasteiger partial charge in [-0.05, 0) is 24.3 Å². The normalized spacial score (nSPS) is 21.9. The van der Waals surface area contributed by atoms with Crippen molar-refractivity contribution >= 4 is 17.7 Å². The van der Waals surface area contributed by atoms with Crippen LogP contribution in [0.15, 0.2) is 18.5 Å². The molecule has 0 unspecified atom stereocenters. The second-order valence-electron chi connectivity index (χ2n) is 7.72. The van der Waals surface area contributed by atoms with Gasteiger partial charge < -0.3 is 20.7 Å². The van der Waals surface area contributed by atoms with Gasteiger partial charge in [-0.3, -0.25) is 0 Å². The maximum Gasteiger partial charge on any atom is 0.225 e. The molecule has 4 rings (SSSR count). The smallest absolute Gasteiger partial charge is 0.225 e. The first-order valence-electron chi connectivity index (χ1n) is 9.04. The predicted octanol–water partition coefficient (Wildman–Crippen LogP) is 1.81. The summed E-state index contributed by atoms with van der Waals surface area (Å²) in [4.78, 5) is 20.3. The Kier molecular flexibility index (Phi) is 4.36. The number of morpholine rings is 1. The van der Waals surface area contributed by atoms with Crippen molar-refractivity contribution in [3.63, 3.8) is 0 Å². The molecule has 1 aliphatic carbocycles. The lowest BCUT2D eigenvalue weighted by atomic mass is 9.74. The predicted molar refractivity (Wildman–Crippen MR) is 100.0 cm³/mol. The Bertz CT molecular complexity index is 789. The highest BCUT2D eigenvalue weighted by molar-refractivity contribution is 5.42. The van der Waals surface area contributed by atoms with E-state index < -0.39 is 0 Å². The van der Waals surface area contributed by atoms with Crippen LogP contribution in [0.25, 0.3) is 0 Å². The number of hydrogen-bond acceptors (Lipinski definition) is 8. The van der Waals surface area contributed by atoms with Crippen molar-refractivity contribution in [3.8, 4) is 0 Å². The summed E-state index contributed by atoms with van der Waals surface area (Å²) in [6.07, 6.45) is 5.50. The van der Waals surface area contributed by atoms with E-state index in [-0.39, 0.29) is 11.5 Å². The summed E-state index contributed by atoms with van der Waals surface area (Å²) in [5.74, 6) is 1.79. The van der Waals surface area contributed by atoms with Crippen LogP contribution in [0.4, 0.5) is 17.7 Å². The Labute approximate surface area is 153 Å². The summed E-state index contributed by atoms with van der Waals surface area (Å²) in [6.45, 7) is 7.65. The van der Waals surface area contributed by atoms with Crippen LogP contribution < -0.4 is 16.0 Å². The van der Waals surface area contributed by atoms with E-state index in [0.717, 1.165) is 56.4 Å². The van der Waals surface area contributed by atoms with Gasteiger partial charge >= 0.3 is 0 Å². The van der Waals surface area contributed by atoms with E-state index in [2.05, 4.69) is 39.0 Å². The molecule has 0 radical (unpaired) electrons. The zero-order valence-corrected chi connectivity index (χ0v) is 15.3. The summed E-state index contributed by atoms with van der Waals surface area (Å²) < 4.78 is 5.43. The minimum absolute atomic E-state index is 0.0642. The molecule has 0 bridgehead atoms. The Morgan fingerprint density at radius 3 is 2.81 bits per heavy atom. The topological polar surface area (TPSA) is 102 Å². The first-order valence-corrected chi connectivity index (χ1v) is 9.04. The largest absolute Gasteiger partial charge is 0.384 e. The summed E-state index contributed by atoms with van der Waals surface area (Å²) in [5, 5.41) is 3.42. The number of nitrogens with zero attached hydrogens (tertiary/aromatic N) is 5.